The third-order valence-electron chi connectivity index (χ3n) is 7.48. The molecule has 5 rings (SSSR count). The summed E-state index contributed by atoms with van der Waals surface area (Å²) in [7, 11) is 3.28. The van der Waals surface area contributed by atoms with E-state index in [0.29, 0.717) is 42.7 Å². The molecule has 0 radical (unpaired) electrons. The molecule has 2 atom stereocenters. The van der Waals surface area contributed by atoms with Crippen LogP contribution < -0.4 is 10.6 Å². The second-order valence-electron chi connectivity index (χ2n) is 10.0. The summed E-state index contributed by atoms with van der Waals surface area (Å²) < 4.78 is 42.4. The third kappa shape index (κ3) is 5.07. The van der Waals surface area contributed by atoms with E-state index in [9.17, 15) is 18.4 Å². The van der Waals surface area contributed by atoms with Gasteiger partial charge in [-0.25, -0.2) is 18.7 Å². The summed E-state index contributed by atoms with van der Waals surface area (Å²) in [6.45, 7) is 0.608. The lowest BCUT2D eigenvalue weighted by atomic mass is 9.92. The van der Waals surface area contributed by atoms with E-state index in [1.54, 1.807) is 18.0 Å². The van der Waals surface area contributed by atoms with Gasteiger partial charge in [-0.2, -0.15) is 4.39 Å². The molecule has 0 spiro atoms. The zero-order chi connectivity index (χ0) is 26.3. The van der Waals surface area contributed by atoms with E-state index in [0.717, 1.165) is 6.42 Å². The highest BCUT2D eigenvalue weighted by Crippen LogP contribution is 2.34. The van der Waals surface area contributed by atoms with Crippen LogP contribution in [0, 0.1) is 0 Å². The van der Waals surface area contributed by atoms with Crippen LogP contribution in [0.5, 0.6) is 0 Å². The zero-order valence-corrected chi connectivity index (χ0v) is 20.7. The standard InChI is InChI=1S/C25H30F3N7O2/c1-34-10-7-15(11-19(34)36)33-24-20-17(12-29-23(20)30-13-31-24)21(37)16-3-4-18(35(2)22(16)26)32-14-5-8-25(27,28)9-6-14/h3-4,12-15,18,32H,5-11H2,1-2H3,(H2,29,30,31,33). The molecule has 1 amide bonds. The summed E-state index contributed by atoms with van der Waals surface area (Å²) in [6, 6.07) is -0.310. The molecule has 2 aliphatic heterocycles. The summed E-state index contributed by atoms with van der Waals surface area (Å²) in [6.07, 6.45) is 6.61. The first-order valence-electron chi connectivity index (χ1n) is 12.4. The summed E-state index contributed by atoms with van der Waals surface area (Å²) >= 11 is 0. The molecule has 4 heterocycles. The lowest BCUT2D eigenvalue weighted by Crippen LogP contribution is -2.49. The highest BCUT2D eigenvalue weighted by atomic mass is 19.3. The maximum Gasteiger partial charge on any atom is 0.248 e. The number of ketones is 1. The predicted octanol–water partition coefficient (Wildman–Crippen LogP) is 3.35. The van der Waals surface area contributed by atoms with Crippen molar-refractivity contribution in [1.29, 1.82) is 0 Å². The van der Waals surface area contributed by atoms with Gasteiger partial charge in [-0.05, 0) is 31.4 Å². The fourth-order valence-corrected chi connectivity index (χ4v) is 5.14. The first-order valence-corrected chi connectivity index (χ1v) is 12.4. The number of rotatable bonds is 6. The first kappa shape index (κ1) is 25.2. The highest BCUT2D eigenvalue weighted by molar-refractivity contribution is 6.19. The summed E-state index contributed by atoms with van der Waals surface area (Å²) in [5.41, 5.74) is 0.505. The van der Waals surface area contributed by atoms with E-state index in [-0.39, 0.29) is 42.0 Å². The van der Waals surface area contributed by atoms with Crippen LogP contribution in [-0.4, -0.2) is 81.3 Å². The smallest absolute Gasteiger partial charge is 0.248 e. The minimum atomic E-state index is -2.64. The SMILES string of the molecule is CN1CCC(Nc2ncnc3[nH]cc(C(=O)C4=C(F)N(C)C(NC5CCC(F)(F)CC5)C=C4)c23)CC1=O. The van der Waals surface area contributed by atoms with Crippen molar-refractivity contribution in [2.24, 2.45) is 0 Å². The number of nitrogens with one attached hydrogen (secondary N) is 3. The van der Waals surface area contributed by atoms with E-state index >= 15 is 4.39 Å². The maximum atomic E-state index is 15.4. The number of anilines is 1. The predicted molar refractivity (Wildman–Crippen MR) is 132 cm³/mol. The number of halogens is 3. The number of H-pyrrole nitrogens is 1. The Balaban J connectivity index is 1.34. The third-order valence-corrected chi connectivity index (χ3v) is 7.48. The number of piperidine rings is 1. The molecule has 2 aromatic rings. The van der Waals surface area contributed by atoms with Gasteiger partial charge < -0.3 is 20.1 Å². The molecular weight excluding hydrogens is 487 g/mol. The number of Topliss-reactive ketones (excluding diaryl/α,β-unsaturated/α-hetero) is 1. The van der Waals surface area contributed by atoms with Crippen LogP contribution in [0.2, 0.25) is 0 Å². The van der Waals surface area contributed by atoms with E-state index < -0.39 is 23.8 Å². The molecule has 198 valence electrons. The topological polar surface area (TPSA) is 106 Å². The number of hydrogen-bond acceptors (Lipinski definition) is 7. The average Bonchev–Trinajstić information content (AvgIpc) is 3.30. The number of likely N-dealkylation sites (tertiary alicyclic amines) is 1. The van der Waals surface area contributed by atoms with Crippen LogP contribution in [-0.2, 0) is 4.79 Å². The number of amides is 1. The van der Waals surface area contributed by atoms with Crippen molar-refractivity contribution in [2.75, 3.05) is 26.0 Å². The average molecular weight is 518 g/mol. The molecule has 3 aliphatic rings. The van der Waals surface area contributed by atoms with Crippen LogP contribution >= 0.6 is 0 Å². The van der Waals surface area contributed by atoms with E-state index in [2.05, 4.69) is 25.6 Å². The van der Waals surface area contributed by atoms with Crippen LogP contribution in [0.15, 0.2) is 36.2 Å². The van der Waals surface area contributed by atoms with Gasteiger partial charge in [0.25, 0.3) is 0 Å². The Kier molecular flexibility index (Phi) is 6.69. The Morgan fingerprint density at radius 2 is 1.92 bits per heavy atom. The van der Waals surface area contributed by atoms with Crippen LogP contribution in [0.1, 0.15) is 48.9 Å². The van der Waals surface area contributed by atoms with Crippen molar-refractivity contribution in [3.8, 4) is 0 Å². The van der Waals surface area contributed by atoms with Crippen LogP contribution in [0.4, 0.5) is 19.0 Å². The number of alkyl halides is 2. The number of fused-ring (bicyclic) bond motifs is 1. The minimum Gasteiger partial charge on any atom is -0.366 e. The number of carbonyl (C=O) groups excluding carboxylic acids is 2. The van der Waals surface area contributed by atoms with Crippen LogP contribution in [0.3, 0.4) is 0 Å². The second-order valence-corrected chi connectivity index (χ2v) is 10.0. The van der Waals surface area contributed by atoms with E-state index in [4.69, 9.17) is 0 Å². The van der Waals surface area contributed by atoms with E-state index in [1.807, 2.05) is 0 Å². The maximum absolute atomic E-state index is 15.4. The molecule has 1 saturated carbocycles. The van der Waals surface area contributed by atoms with Gasteiger partial charge in [0.15, 0.2) is 5.78 Å². The Labute approximate surface area is 212 Å². The second kappa shape index (κ2) is 9.81. The number of aromatic nitrogens is 3. The molecule has 2 unspecified atom stereocenters. The molecular formula is C25H30F3N7O2. The molecule has 0 bridgehead atoms. The number of hydrogen-bond donors (Lipinski definition) is 3. The molecule has 2 fully saturated rings. The Morgan fingerprint density at radius 1 is 1.16 bits per heavy atom. The van der Waals surface area contributed by atoms with Crippen molar-refractivity contribution in [1.82, 2.24) is 30.1 Å². The Morgan fingerprint density at radius 3 is 2.65 bits per heavy atom. The fourth-order valence-electron chi connectivity index (χ4n) is 5.14. The molecule has 37 heavy (non-hydrogen) atoms. The van der Waals surface area contributed by atoms with Gasteiger partial charge in [0, 0.05) is 58.2 Å². The normalized spacial score (nSPS) is 24.7. The monoisotopic (exact) mass is 517 g/mol. The fraction of sp³-hybridized carbons (Fsp3) is 0.520. The summed E-state index contributed by atoms with van der Waals surface area (Å²) in [4.78, 5) is 40.1. The molecule has 2 aromatic heterocycles. The largest absolute Gasteiger partial charge is 0.366 e. The van der Waals surface area contributed by atoms with Crippen molar-refractivity contribution >= 4 is 28.5 Å². The van der Waals surface area contributed by atoms with Gasteiger partial charge in [-0.15, -0.1) is 0 Å². The molecule has 0 aromatic carbocycles. The van der Waals surface area contributed by atoms with Crippen molar-refractivity contribution in [2.45, 2.75) is 62.7 Å². The van der Waals surface area contributed by atoms with Crippen molar-refractivity contribution < 1.29 is 22.8 Å². The summed E-state index contributed by atoms with van der Waals surface area (Å²) in [5.74, 6) is -3.48. The number of likely N-dealkylation sites (N-methyl/N-ethyl adjacent to an activating group) is 1. The Hall–Kier alpha value is -3.41. The van der Waals surface area contributed by atoms with Gasteiger partial charge in [0.1, 0.15) is 24.0 Å². The van der Waals surface area contributed by atoms with Crippen molar-refractivity contribution in [3.63, 3.8) is 0 Å². The Bertz CT molecular complexity index is 1260. The quantitative estimate of drug-likeness (QED) is 0.399. The highest BCUT2D eigenvalue weighted by Gasteiger charge is 2.36. The molecule has 3 N–H and O–H groups in total. The lowest BCUT2D eigenvalue weighted by Gasteiger charge is -2.36. The van der Waals surface area contributed by atoms with Crippen molar-refractivity contribution in [3.05, 3.63) is 41.8 Å². The minimum absolute atomic E-state index is 0.0205. The molecule has 1 saturated heterocycles. The van der Waals surface area contributed by atoms with Gasteiger partial charge in [-0.3, -0.25) is 14.9 Å². The zero-order valence-electron chi connectivity index (χ0n) is 20.7. The number of nitrogens with zero attached hydrogens (tertiary/aromatic N) is 4. The number of aromatic amines is 1. The first-order chi connectivity index (χ1) is 17.6. The van der Waals surface area contributed by atoms with Gasteiger partial charge in [-0.1, -0.05) is 0 Å². The molecule has 9 nitrogen and oxygen atoms in total. The summed E-state index contributed by atoms with van der Waals surface area (Å²) in [5, 5.41) is 6.91. The van der Waals surface area contributed by atoms with E-state index in [1.165, 1.54) is 30.5 Å². The van der Waals surface area contributed by atoms with Gasteiger partial charge in [0.05, 0.1) is 16.5 Å². The van der Waals surface area contributed by atoms with Crippen LogP contribution in [0.25, 0.3) is 11.0 Å². The molecule has 1 aliphatic carbocycles. The number of carbonyl (C=O) groups is 2. The van der Waals surface area contributed by atoms with Gasteiger partial charge >= 0.3 is 0 Å². The molecule has 12 heteroatoms. The van der Waals surface area contributed by atoms with Gasteiger partial charge in [0.2, 0.25) is 17.8 Å². The lowest BCUT2D eigenvalue weighted by molar-refractivity contribution is -0.132. The number of allylic oxidation sites excluding steroid dienone is 2.